The lowest BCUT2D eigenvalue weighted by Gasteiger charge is -2.62. The topological polar surface area (TPSA) is 20.2 Å². The van der Waals surface area contributed by atoms with Crippen molar-refractivity contribution in [1.82, 2.24) is 0 Å². The third-order valence-corrected chi connectivity index (χ3v) is 9.17. The van der Waals surface area contributed by atoms with E-state index in [-0.39, 0.29) is 5.60 Å². The second kappa shape index (κ2) is 5.60. The van der Waals surface area contributed by atoms with Crippen LogP contribution >= 0.6 is 0 Å². The highest BCUT2D eigenvalue weighted by atomic mass is 16.3. The van der Waals surface area contributed by atoms with Crippen LogP contribution < -0.4 is 0 Å². The van der Waals surface area contributed by atoms with E-state index in [4.69, 9.17) is 0 Å². The van der Waals surface area contributed by atoms with Gasteiger partial charge in [0.15, 0.2) is 0 Å². The Morgan fingerprint density at radius 2 is 1.83 bits per heavy atom. The zero-order chi connectivity index (χ0) is 17.2. The molecule has 4 aliphatic carbocycles. The first-order chi connectivity index (χ1) is 11.3. The molecule has 7 atom stereocenters. The Morgan fingerprint density at radius 3 is 2.58 bits per heavy atom. The number of allylic oxidation sites excluding steroid dienone is 2. The highest BCUT2D eigenvalue weighted by Crippen LogP contribution is 2.69. The molecule has 0 aromatic heterocycles. The standard InChI is InChI=1S/C23H38O/c1-5-6-17-7-8-20-22(17,3)14-11-19-18-10-12-21(2,24)15-16(18)9-13-23(19,20)4/h6,16,18-20,24H,5,7-15H2,1-4H3/b17-6-/t16-,18+,19-,20-,21-,22-,23-/m1/s1. The van der Waals surface area contributed by atoms with Crippen molar-refractivity contribution in [2.75, 3.05) is 0 Å². The van der Waals surface area contributed by atoms with Crippen LogP contribution in [0.3, 0.4) is 0 Å². The zero-order valence-electron chi connectivity index (χ0n) is 16.4. The smallest absolute Gasteiger partial charge is 0.0622 e. The maximum Gasteiger partial charge on any atom is 0.0622 e. The normalized spacial score (nSPS) is 55.8. The summed E-state index contributed by atoms with van der Waals surface area (Å²) in [5.41, 5.74) is 2.46. The molecule has 0 heterocycles. The van der Waals surface area contributed by atoms with E-state index < -0.39 is 0 Å². The van der Waals surface area contributed by atoms with Crippen molar-refractivity contribution >= 4 is 0 Å². The fraction of sp³-hybridized carbons (Fsp3) is 0.913. The summed E-state index contributed by atoms with van der Waals surface area (Å²) in [7, 11) is 0. The molecule has 0 aromatic carbocycles. The van der Waals surface area contributed by atoms with E-state index in [0.717, 1.165) is 36.5 Å². The molecule has 0 bridgehead atoms. The average Bonchev–Trinajstić information content (AvgIpc) is 2.85. The molecule has 4 saturated carbocycles. The van der Waals surface area contributed by atoms with Crippen LogP contribution in [-0.2, 0) is 0 Å². The van der Waals surface area contributed by atoms with Gasteiger partial charge in [0, 0.05) is 0 Å². The summed E-state index contributed by atoms with van der Waals surface area (Å²) in [6, 6.07) is 0. The molecule has 0 aromatic rings. The molecular weight excluding hydrogens is 292 g/mol. The lowest BCUT2D eigenvalue weighted by atomic mass is 9.43. The summed E-state index contributed by atoms with van der Waals surface area (Å²) in [5, 5.41) is 10.6. The quantitative estimate of drug-likeness (QED) is 0.574. The predicted molar refractivity (Wildman–Crippen MR) is 101 cm³/mol. The maximum absolute atomic E-state index is 10.6. The van der Waals surface area contributed by atoms with Gasteiger partial charge in [-0.05, 0) is 106 Å². The summed E-state index contributed by atoms with van der Waals surface area (Å²) in [5.74, 6) is 3.52. The molecular formula is C23H38O. The van der Waals surface area contributed by atoms with Gasteiger partial charge in [-0.3, -0.25) is 0 Å². The minimum atomic E-state index is -0.386. The second-order valence-corrected chi connectivity index (χ2v) is 10.5. The van der Waals surface area contributed by atoms with Gasteiger partial charge in [0.2, 0.25) is 0 Å². The number of hydrogen-bond acceptors (Lipinski definition) is 1. The van der Waals surface area contributed by atoms with E-state index in [0.29, 0.717) is 10.8 Å². The van der Waals surface area contributed by atoms with E-state index in [1.807, 2.05) is 0 Å². The van der Waals surface area contributed by atoms with Crippen molar-refractivity contribution in [2.24, 2.45) is 34.5 Å². The van der Waals surface area contributed by atoms with Crippen LogP contribution in [0.4, 0.5) is 0 Å². The molecule has 1 heteroatoms. The molecule has 136 valence electrons. The average molecular weight is 331 g/mol. The van der Waals surface area contributed by atoms with Crippen molar-refractivity contribution < 1.29 is 5.11 Å². The van der Waals surface area contributed by atoms with Gasteiger partial charge < -0.3 is 5.11 Å². The van der Waals surface area contributed by atoms with Crippen LogP contribution in [0.5, 0.6) is 0 Å². The third kappa shape index (κ3) is 2.37. The van der Waals surface area contributed by atoms with Crippen molar-refractivity contribution in [3.8, 4) is 0 Å². The molecule has 0 aliphatic heterocycles. The Labute approximate surface area is 149 Å². The van der Waals surface area contributed by atoms with Gasteiger partial charge in [0.25, 0.3) is 0 Å². The first-order valence-electron chi connectivity index (χ1n) is 10.7. The summed E-state index contributed by atoms with van der Waals surface area (Å²) in [6.45, 7) is 9.65. The SMILES string of the molecule is CC/C=C1/CC[C@H]2[C@]3(C)CC[C@@H]4C[C@](C)(O)CC[C@@H]4[C@H]3CC[C@]12C. The molecule has 4 aliphatic rings. The van der Waals surface area contributed by atoms with Crippen LogP contribution in [0.25, 0.3) is 0 Å². The number of hydrogen-bond donors (Lipinski definition) is 1. The van der Waals surface area contributed by atoms with Crippen LogP contribution in [0, 0.1) is 34.5 Å². The molecule has 24 heavy (non-hydrogen) atoms. The number of aliphatic hydroxyl groups is 1. The molecule has 0 radical (unpaired) electrons. The maximum atomic E-state index is 10.6. The molecule has 1 N–H and O–H groups in total. The van der Waals surface area contributed by atoms with Gasteiger partial charge in [0.05, 0.1) is 5.60 Å². The Kier molecular flexibility index (Phi) is 4.00. The summed E-state index contributed by atoms with van der Waals surface area (Å²) in [6.07, 6.45) is 15.6. The molecule has 4 fully saturated rings. The van der Waals surface area contributed by atoms with E-state index in [1.165, 1.54) is 51.4 Å². The van der Waals surface area contributed by atoms with Gasteiger partial charge in [-0.25, -0.2) is 0 Å². The molecule has 0 spiro atoms. The fourth-order valence-corrected chi connectivity index (χ4v) is 8.08. The van der Waals surface area contributed by atoms with Crippen molar-refractivity contribution in [1.29, 1.82) is 0 Å². The van der Waals surface area contributed by atoms with E-state index in [9.17, 15) is 5.11 Å². The highest BCUT2D eigenvalue weighted by Gasteiger charge is 2.61. The van der Waals surface area contributed by atoms with E-state index in [1.54, 1.807) is 5.57 Å². The Hall–Kier alpha value is -0.300. The summed E-state index contributed by atoms with van der Waals surface area (Å²) >= 11 is 0. The van der Waals surface area contributed by atoms with Crippen molar-refractivity contribution in [3.63, 3.8) is 0 Å². The fourth-order valence-electron chi connectivity index (χ4n) is 8.08. The van der Waals surface area contributed by atoms with Gasteiger partial charge >= 0.3 is 0 Å². The Bertz CT molecular complexity index is 532. The second-order valence-electron chi connectivity index (χ2n) is 10.5. The molecule has 4 rings (SSSR count). The Balaban J connectivity index is 1.62. The van der Waals surface area contributed by atoms with Gasteiger partial charge in [-0.1, -0.05) is 32.4 Å². The lowest BCUT2D eigenvalue weighted by Crippen LogP contribution is -2.55. The summed E-state index contributed by atoms with van der Waals surface area (Å²) in [4.78, 5) is 0. The van der Waals surface area contributed by atoms with E-state index >= 15 is 0 Å². The van der Waals surface area contributed by atoms with Gasteiger partial charge in [0.1, 0.15) is 0 Å². The third-order valence-electron chi connectivity index (χ3n) is 9.17. The van der Waals surface area contributed by atoms with Crippen LogP contribution in [0.15, 0.2) is 11.6 Å². The monoisotopic (exact) mass is 330 g/mol. The minimum absolute atomic E-state index is 0.386. The number of rotatable bonds is 1. The van der Waals surface area contributed by atoms with Crippen molar-refractivity contribution in [3.05, 3.63) is 11.6 Å². The van der Waals surface area contributed by atoms with E-state index in [2.05, 4.69) is 33.8 Å². The first-order valence-corrected chi connectivity index (χ1v) is 10.7. The first kappa shape index (κ1) is 17.1. The lowest BCUT2D eigenvalue weighted by molar-refractivity contribution is -0.133. The number of fused-ring (bicyclic) bond motifs is 5. The largest absolute Gasteiger partial charge is 0.390 e. The van der Waals surface area contributed by atoms with Crippen LogP contribution in [0.1, 0.15) is 91.9 Å². The predicted octanol–water partition coefficient (Wildman–Crippen LogP) is 6.12. The Morgan fingerprint density at radius 1 is 1.04 bits per heavy atom. The highest BCUT2D eigenvalue weighted by molar-refractivity contribution is 5.25. The van der Waals surface area contributed by atoms with Crippen LogP contribution in [0.2, 0.25) is 0 Å². The minimum Gasteiger partial charge on any atom is -0.390 e. The summed E-state index contributed by atoms with van der Waals surface area (Å²) < 4.78 is 0. The molecule has 1 nitrogen and oxygen atoms in total. The van der Waals surface area contributed by atoms with Crippen LogP contribution in [-0.4, -0.2) is 10.7 Å². The molecule has 0 amide bonds. The zero-order valence-corrected chi connectivity index (χ0v) is 16.4. The van der Waals surface area contributed by atoms with Gasteiger partial charge in [-0.15, -0.1) is 0 Å². The van der Waals surface area contributed by atoms with Gasteiger partial charge in [-0.2, -0.15) is 0 Å². The van der Waals surface area contributed by atoms with Crippen molar-refractivity contribution in [2.45, 2.75) is 97.5 Å². The molecule has 0 saturated heterocycles. The molecule has 0 unspecified atom stereocenters.